The van der Waals surface area contributed by atoms with E-state index in [0.717, 1.165) is 11.3 Å². The highest BCUT2D eigenvalue weighted by Crippen LogP contribution is 2.18. The van der Waals surface area contributed by atoms with Gasteiger partial charge in [-0.15, -0.1) is 11.8 Å². The second-order valence-electron chi connectivity index (χ2n) is 8.65. The Morgan fingerprint density at radius 2 is 1.63 bits per heavy atom. The molecule has 2 aromatic rings. The number of nitrogens with one attached hydrogen (secondary N) is 1. The smallest absolute Gasteiger partial charge is 0.243 e. The summed E-state index contributed by atoms with van der Waals surface area (Å²) in [5, 5.41) is 3.04. The predicted octanol–water partition coefficient (Wildman–Crippen LogP) is 4.95. The van der Waals surface area contributed by atoms with Crippen LogP contribution in [0.4, 0.5) is 0 Å². The Labute approximate surface area is 185 Å². The molecule has 0 heterocycles. The second-order valence-corrected chi connectivity index (χ2v) is 9.63. The SMILES string of the molecule is CC[C@@H](C(=O)NC(C)(C)C)N(Cc1ccccc1)C(=O)CSCc1ccc(C)cc1. The third kappa shape index (κ3) is 7.86. The third-order valence-electron chi connectivity index (χ3n) is 4.69. The molecule has 2 rings (SSSR count). The summed E-state index contributed by atoms with van der Waals surface area (Å²) < 4.78 is 0. The van der Waals surface area contributed by atoms with Gasteiger partial charge >= 0.3 is 0 Å². The number of carbonyl (C=O) groups is 2. The predicted molar refractivity (Wildman–Crippen MR) is 126 cm³/mol. The van der Waals surface area contributed by atoms with Crippen molar-refractivity contribution in [1.29, 1.82) is 0 Å². The molecule has 2 aromatic carbocycles. The van der Waals surface area contributed by atoms with Crippen LogP contribution in [-0.4, -0.2) is 34.0 Å². The molecule has 162 valence electrons. The molecule has 0 unspecified atom stereocenters. The second kappa shape index (κ2) is 11.2. The highest BCUT2D eigenvalue weighted by molar-refractivity contribution is 7.99. The maximum atomic E-state index is 13.2. The number of rotatable bonds is 9. The van der Waals surface area contributed by atoms with Gasteiger partial charge in [-0.1, -0.05) is 67.1 Å². The summed E-state index contributed by atoms with van der Waals surface area (Å²) in [6, 6.07) is 17.7. The van der Waals surface area contributed by atoms with Crippen molar-refractivity contribution < 1.29 is 9.59 Å². The number of carbonyl (C=O) groups excluding carboxylic acids is 2. The summed E-state index contributed by atoms with van der Waals surface area (Å²) in [5.41, 5.74) is 3.11. The highest BCUT2D eigenvalue weighted by Gasteiger charge is 2.30. The van der Waals surface area contributed by atoms with E-state index in [9.17, 15) is 9.59 Å². The fraction of sp³-hybridized carbons (Fsp3) is 0.440. The number of amides is 2. The molecule has 4 nitrogen and oxygen atoms in total. The van der Waals surface area contributed by atoms with Gasteiger partial charge in [0.1, 0.15) is 6.04 Å². The van der Waals surface area contributed by atoms with E-state index in [4.69, 9.17) is 0 Å². The van der Waals surface area contributed by atoms with Gasteiger partial charge in [0.15, 0.2) is 0 Å². The van der Waals surface area contributed by atoms with E-state index in [1.807, 2.05) is 58.0 Å². The van der Waals surface area contributed by atoms with E-state index in [2.05, 4.69) is 36.5 Å². The molecule has 0 spiro atoms. The van der Waals surface area contributed by atoms with Gasteiger partial charge in [-0.3, -0.25) is 9.59 Å². The Balaban J connectivity index is 2.11. The van der Waals surface area contributed by atoms with E-state index in [0.29, 0.717) is 18.7 Å². The fourth-order valence-electron chi connectivity index (χ4n) is 3.18. The summed E-state index contributed by atoms with van der Waals surface area (Å²) in [4.78, 5) is 27.9. The van der Waals surface area contributed by atoms with E-state index >= 15 is 0 Å². The molecular weight excluding hydrogens is 392 g/mol. The van der Waals surface area contributed by atoms with E-state index in [-0.39, 0.29) is 17.4 Å². The lowest BCUT2D eigenvalue weighted by Gasteiger charge is -2.33. The van der Waals surface area contributed by atoms with Gasteiger partial charge in [-0.2, -0.15) is 0 Å². The maximum absolute atomic E-state index is 13.2. The molecule has 0 aliphatic rings. The van der Waals surface area contributed by atoms with Crippen LogP contribution in [0.1, 0.15) is 50.8 Å². The molecule has 0 saturated heterocycles. The molecule has 0 saturated carbocycles. The minimum absolute atomic E-state index is 0.00752. The lowest BCUT2D eigenvalue weighted by Crippen LogP contribution is -2.53. The third-order valence-corrected chi connectivity index (χ3v) is 5.68. The molecule has 5 heteroatoms. The minimum Gasteiger partial charge on any atom is -0.350 e. The van der Waals surface area contributed by atoms with Gasteiger partial charge < -0.3 is 10.2 Å². The summed E-state index contributed by atoms with van der Waals surface area (Å²) in [7, 11) is 0. The van der Waals surface area contributed by atoms with Gasteiger partial charge in [-0.05, 0) is 45.2 Å². The standard InChI is InChI=1S/C25H34N2O2S/c1-6-22(24(29)26-25(3,4)5)27(16-20-10-8-7-9-11-20)23(28)18-30-17-21-14-12-19(2)13-15-21/h7-15,22H,6,16-18H2,1-5H3,(H,26,29)/t22-/m0/s1. The Morgan fingerprint density at radius 3 is 2.20 bits per heavy atom. The summed E-state index contributed by atoms with van der Waals surface area (Å²) in [6.07, 6.45) is 0.573. The van der Waals surface area contributed by atoms with Crippen LogP contribution < -0.4 is 5.32 Å². The van der Waals surface area contributed by atoms with Gasteiger partial charge in [0.05, 0.1) is 5.75 Å². The molecule has 30 heavy (non-hydrogen) atoms. The quantitative estimate of drug-likeness (QED) is 0.617. The topological polar surface area (TPSA) is 49.4 Å². The average Bonchev–Trinajstić information content (AvgIpc) is 2.68. The number of aryl methyl sites for hydroxylation is 1. The van der Waals surface area contributed by atoms with Crippen LogP contribution in [0, 0.1) is 6.92 Å². The number of nitrogens with zero attached hydrogens (tertiary/aromatic N) is 1. The Kier molecular flexibility index (Phi) is 8.97. The highest BCUT2D eigenvalue weighted by atomic mass is 32.2. The Morgan fingerprint density at radius 1 is 1.00 bits per heavy atom. The van der Waals surface area contributed by atoms with Crippen LogP contribution in [0.3, 0.4) is 0 Å². The van der Waals surface area contributed by atoms with Crippen molar-refractivity contribution in [3.63, 3.8) is 0 Å². The number of thioether (sulfide) groups is 1. The zero-order valence-corrected chi connectivity index (χ0v) is 19.6. The number of hydrogen-bond donors (Lipinski definition) is 1. The van der Waals surface area contributed by atoms with Crippen molar-refractivity contribution in [3.8, 4) is 0 Å². The van der Waals surface area contributed by atoms with Crippen molar-refractivity contribution >= 4 is 23.6 Å². The fourth-order valence-corrected chi connectivity index (χ4v) is 4.05. The lowest BCUT2D eigenvalue weighted by atomic mass is 10.1. The van der Waals surface area contributed by atoms with Gasteiger partial charge in [0.25, 0.3) is 0 Å². The Hall–Kier alpha value is -2.27. The summed E-state index contributed by atoms with van der Waals surface area (Å²) in [5.74, 6) is 1.01. The van der Waals surface area contributed by atoms with Crippen molar-refractivity contribution in [3.05, 3.63) is 71.3 Å². The number of benzene rings is 2. The first-order valence-corrected chi connectivity index (χ1v) is 11.6. The lowest BCUT2D eigenvalue weighted by molar-refractivity contribution is -0.140. The van der Waals surface area contributed by atoms with Gasteiger partial charge in [0.2, 0.25) is 11.8 Å². The zero-order chi connectivity index (χ0) is 22.1. The van der Waals surface area contributed by atoms with Crippen molar-refractivity contribution in [2.24, 2.45) is 0 Å². The molecule has 1 N–H and O–H groups in total. The molecular formula is C25H34N2O2S. The van der Waals surface area contributed by atoms with Crippen molar-refractivity contribution in [1.82, 2.24) is 10.2 Å². The molecule has 0 aromatic heterocycles. The van der Waals surface area contributed by atoms with Crippen molar-refractivity contribution in [2.75, 3.05) is 5.75 Å². The first kappa shape index (κ1) is 24.0. The van der Waals surface area contributed by atoms with Crippen LogP contribution >= 0.6 is 11.8 Å². The van der Waals surface area contributed by atoms with Crippen LogP contribution in [0.25, 0.3) is 0 Å². The monoisotopic (exact) mass is 426 g/mol. The molecule has 0 bridgehead atoms. The van der Waals surface area contributed by atoms with E-state index in [1.54, 1.807) is 16.7 Å². The molecule has 1 atom stereocenters. The summed E-state index contributed by atoms with van der Waals surface area (Å²) >= 11 is 1.59. The molecule has 0 fully saturated rings. The Bertz CT molecular complexity index is 813. The molecule has 0 aliphatic carbocycles. The molecule has 0 radical (unpaired) electrons. The first-order chi connectivity index (χ1) is 14.2. The average molecular weight is 427 g/mol. The van der Waals surface area contributed by atoms with Gasteiger partial charge in [-0.25, -0.2) is 0 Å². The number of hydrogen-bond acceptors (Lipinski definition) is 3. The van der Waals surface area contributed by atoms with Crippen LogP contribution in [-0.2, 0) is 21.9 Å². The first-order valence-electron chi connectivity index (χ1n) is 10.5. The van der Waals surface area contributed by atoms with Crippen LogP contribution in [0.2, 0.25) is 0 Å². The van der Waals surface area contributed by atoms with Crippen molar-refractivity contribution in [2.45, 2.75) is 64.9 Å². The normalized spacial score (nSPS) is 12.3. The molecule has 0 aliphatic heterocycles. The minimum atomic E-state index is -0.489. The van der Waals surface area contributed by atoms with Crippen LogP contribution in [0.15, 0.2) is 54.6 Å². The molecule has 2 amide bonds. The van der Waals surface area contributed by atoms with Gasteiger partial charge in [0, 0.05) is 17.8 Å². The van der Waals surface area contributed by atoms with E-state index < -0.39 is 6.04 Å². The van der Waals surface area contributed by atoms with Crippen LogP contribution in [0.5, 0.6) is 0 Å². The zero-order valence-electron chi connectivity index (χ0n) is 18.8. The van der Waals surface area contributed by atoms with E-state index in [1.165, 1.54) is 11.1 Å². The maximum Gasteiger partial charge on any atom is 0.243 e. The largest absolute Gasteiger partial charge is 0.350 e. The summed E-state index contributed by atoms with van der Waals surface area (Å²) in [6.45, 7) is 10.3.